The predicted octanol–water partition coefficient (Wildman–Crippen LogP) is 6.75. The molecule has 1 fully saturated rings. The second-order valence-corrected chi connectivity index (χ2v) is 9.46. The number of oxime groups is 1. The van der Waals surface area contributed by atoms with Gasteiger partial charge in [-0.3, -0.25) is 5.41 Å². The quantitative estimate of drug-likeness (QED) is 0.198. The Bertz CT molecular complexity index is 987. The van der Waals surface area contributed by atoms with Gasteiger partial charge in [0.15, 0.2) is 0 Å². The summed E-state index contributed by atoms with van der Waals surface area (Å²) in [6, 6.07) is 8.75. The number of fused-ring (bicyclic) bond motifs is 1. The van der Waals surface area contributed by atoms with Crippen LogP contribution in [0.5, 0.6) is 0 Å². The second-order valence-electron chi connectivity index (χ2n) is 9.46. The number of nitrogens with zero attached hydrogens (tertiary/aromatic N) is 2. The summed E-state index contributed by atoms with van der Waals surface area (Å²) in [6.45, 7) is 3.34. The van der Waals surface area contributed by atoms with Crippen LogP contribution in [0.4, 0.5) is 0 Å². The minimum Gasteiger partial charge on any atom is -0.387 e. The largest absolute Gasteiger partial charge is 0.387 e. The van der Waals surface area contributed by atoms with Crippen molar-refractivity contribution in [3.8, 4) is 0 Å². The molecule has 1 aromatic carbocycles. The van der Waals surface area contributed by atoms with Crippen molar-refractivity contribution in [1.82, 2.24) is 4.57 Å². The van der Waals surface area contributed by atoms with Gasteiger partial charge in [0.1, 0.15) is 5.76 Å². The van der Waals surface area contributed by atoms with Crippen molar-refractivity contribution in [2.45, 2.75) is 84.1 Å². The average molecular weight is 435 g/mol. The van der Waals surface area contributed by atoms with E-state index in [2.05, 4.69) is 53.2 Å². The van der Waals surface area contributed by atoms with Crippen LogP contribution in [0.25, 0.3) is 10.9 Å². The highest BCUT2D eigenvalue weighted by Gasteiger charge is 2.26. The molecule has 2 heterocycles. The first-order valence-corrected chi connectivity index (χ1v) is 12.5. The molecule has 1 aromatic heterocycles. The number of amidine groups is 1. The predicted molar refractivity (Wildman–Crippen MR) is 133 cm³/mol. The summed E-state index contributed by atoms with van der Waals surface area (Å²) in [7, 11) is 0. The van der Waals surface area contributed by atoms with Gasteiger partial charge in [-0.1, -0.05) is 56.3 Å². The highest BCUT2D eigenvalue weighted by Crippen LogP contribution is 2.34. The fraction of sp³-hybridized carbons (Fsp3) is 0.556. The zero-order chi connectivity index (χ0) is 22.3. The van der Waals surface area contributed by atoms with E-state index >= 15 is 0 Å². The molecule has 1 aliphatic carbocycles. The van der Waals surface area contributed by atoms with Crippen LogP contribution in [0.2, 0.25) is 0 Å². The molecule has 0 spiro atoms. The molecule has 4 rings (SSSR count). The van der Waals surface area contributed by atoms with Crippen molar-refractivity contribution in [2.24, 2.45) is 22.7 Å². The summed E-state index contributed by atoms with van der Waals surface area (Å²) < 4.78 is 2.38. The normalized spacial score (nSPS) is 21.5. The molecule has 0 amide bonds. The maximum Gasteiger partial charge on any atom is 0.134 e. The van der Waals surface area contributed by atoms with E-state index in [0.29, 0.717) is 11.8 Å². The average Bonchev–Trinajstić information content (AvgIpc) is 3.06. The third-order valence-corrected chi connectivity index (χ3v) is 7.20. The van der Waals surface area contributed by atoms with Crippen LogP contribution in [-0.2, 0) is 11.4 Å². The van der Waals surface area contributed by atoms with Gasteiger partial charge in [0.2, 0.25) is 0 Å². The third kappa shape index (κ3) is 5.25. The maximum atomic E-state index is 7.76. The number of hydrogen-bond donors (Lipinski definition) is 2. The van der Waals surface area contributed by atoms with Crippen molar-refractivity contribution >= 4 is 22.5 Å². The molecule has 2 atom stereocenters. The number of nitrogens with one attached hydrogen (secondary N) is 1. The Labute approximate surface area is 192 Å². The topological polar surface area (TPSA) is 76.4 Å². The molecule has 0 bridgehead atoms. The van der Waals surface area contributed by atoms with Crippen LogP contribution in [0.1, 0.15) is 83.1 Å². The van der Waals surface area contributed by atoms with Gasteiger partial charge in [-0.15, -0.1) is 0 Å². The van der Waals surface area contributed by atoms with E-state index in [0.717, 1.165) is 56.5 Å². The highest BCUT2D eigenvalue weighted by atomic mass is 16.6. The summed E-state index contributed by atoms with van der Waals surface area (Å²) in [5.74, 6) is 1.98. The van der Waals surface area contributed by atoms with Gasteiger partial charge in [0.05, 0.1) is 11.5 Å². The molecule has 5 nitrogen and oxygen atoms in total. The van der Waals surface area contributed by atoms with Crippen molar-refractivity contribution in [3.63, 3.8) is 0 Å². The lowest BCUT2D eigenvalue weighted by molar-refractivity contribution is 0.175. The lowest BCUT2D eigenvalue weighted by atomic mass is 9.94. The van der Waals surface area contributed by atoms with Crippen LogP contribution < -0.4 is 5.73 Å². The molecule has 1 saturated carbocycles. The molecule has 0 radical (unpaired) electrons. The summed E-state index contributed by atoms with van der Waals surface area (Å²) in [4.78, 5) is 5.95. The second kappa shape index (κ2) is 10.8. The molecular formula is C27H38N4O. The number of aryl methyl sites for hydroxylation is 1. The molecule has 1 aliphatic heterocycles. The maximum absolute atomic E-state index is 7.76. The summed E-state index contributed by atoms with van der Waals surface area (Å²) >= 11 is 0. The zero-order valence-electron chi connectivity index (χ0n) is 19.5. The van der Waals surface area contributed by atoms with Gasteiger partial charge in [0, 0.05) is 47.5 Å². The van der Waals surface area contributed by atoms with Gasteiger partial charge in [0.25, 0.3) is 0 Å². The number of allylic oxidation sites excluding steroid dienone is 2. The summed E-state index contributed by atoms with van der Waals surface area (Å²) in [6.07, 6.45) is 17.0. The van der Waals surface area contributed by atoms with Crippen LogP contribution in [0, 0.1) is 17.2 Å². The zero-order valence-corrected chi connectivity index (χ0v) is 19.5. The Morgan fingerprint density at radius 2 is 2.00 bits per heavy atom. The van der Waals surface area contributed by atoms with Crippen molar-refractivity contribution in [3.05, 3.63) is 47.9 Å². The van der Waals surface area contributed by atoms with E-state index in [1.54, 1.807) is 0 Å². The van der Waals surface area contributed by atoms with Gasteiger partial charge in [-0.25, -0.2) is 0 Å². The SMILES string of the molecule is CCCCCCCn1ccc2c(C3=NOC([C@@H]4CCCC(C(=N)N)CC4)=CC3)cccc21. The minimum atomic E-state index is 0.233. The fourth-order valence-electron chi connectivity index (χ4n) is 5.23. The summed E-state index contributed by atoms with van der Waals surface area (Å²) in [5, 5.41) is 13.6. The molecule has 0 saturated heterocycles. The molecule has 32 heavy (non-hydrogen) atoms. The van der Waals surface area contributed by atoms with Crippen molar-refractivity contribution in [1.29, 1.82) is 5.41 Å². The van der Waals surface area contributed by atoms with E-state index in [9.17, 15) is 0 Å². The fourth-order valence-corrected chi connectivity index (χ4v) is 5.23. The van der Waals surface area contributed by atoms with Gasteiger partial charge in [-0.05, 0) is 50.3 Å². The minimum absolute atomic E-state index is 0.233. The smallest absolute Gasteiger partial charge is 0.134 e. The summed E-state index contributed by atoms with van der Waals surface area (Å²) in [5.41, 5.74) is 9.23. The van der Waals surface area contributed by atoms with Crippen LogP contribution in [0.3, 0.4) is 0 Å². The number of hydrogen-bond acceptors (Lipinski definition) is 3. The van der Waals surface area contributed by atoms with Crippen molar-refractivity contribution in [2.75, 3.05) is 0 Å². The highest BCUT2D eigenvalue weighted by molar-refractivity contribution is 6.11. The number of rotatable bonds is 9. The molecule has 2 aromatic rings. The van der Waals surface area contributed by atoms with E-state index < -0.39 is 0 Å². The number of aromatic nitrogens is 1. The molecule has 172 valence electrons. The van der Waals surface area contributed by atoms with E-state index in [1.165, 1.54) is 48.6 Å². The Morgan fingerprint density at radius 1 is 1.12 bits per heavy atom. The van der Waals surface area contributed by atoms with Crippen LogP contribution in [0.15, 0.2) is 47.5 Å². The van der Waals surface area contributed by atoms with E-state index in [4.69, 9.17) is 16.0 Å². The first-order valence-electron chi connectivity index (χ1n) is 12.5. The molecule has 3 N–H and O–H groups in total. The number of nitrogens with two attached hydrogens (primary N) is 1. The lowest BCUT2D eigenvalue weighted by Crippen LogP contribution is -2.21. The lowest BCUT2D eigenvalue weighted by Gasteiger charge is -2.20. The Morgan fingerprint density at radius 3 is 2.78 bits per heavy atom. The van der Waals surface area contributed by atoms with Crippen molar-refractivity contribution < 1.29 is 4.84 Å². The Hall–Kier alpha value is -2.56. The standard InChI is InChI=1S/C27H38N4O/c1-2-3-4-5-6-18-31-19-17-23-22(11-8-12-25(23)31)24-15-16-26(32-30-24)20-9-7-10-21(14-13-20)27(28)29/h8,11-12,16-17,19-21H,2-7,9-10,13-15,18H2,1H3,(H3,28,29)/t20-,21?/m1/s1. The van der Waals surface area contributed by atoms with Gasteiger partial charge < -0.3 is 15.1 Å². The molecule has 5 heteroatoms. The van der Waals surface area contributed by atoms with Gasteiger partial charge in [-0.2, -0.15) is 0 Å². The Balaban J connectivity index is 1.40. The number of unbranched alkanes of at least 4 members (excludes halogenated alkanes) is 4. The molecule has 1 unspecified atom stereocenters. The van der Waals surface area contributed by atoms with E-state index in [-0.39, 0.29) is 5.92 Å². The monoisotopic (exact) mass is 434 g/mol. The number of benzene rings is 1. The van der Waals surface area contributed by atoms with Crippen LogP contribution in [-0.4, -0.2) is 16.1 Å². The van der Waals surface area contributed by atoms with Crippen LogP contribution >= 0.6 is 0 Å². The molecular weight excluding hydrogens is 396 g/mol. The first-order chi connectivity index (χ1) is 15.7. The molecule has 2 aliphatic rings. The van der Waals surface area contributed by atoms with Gasteiger partial charge >= 0.3 is 0 Å². The Kier molecular flexibility index (Phi) is 7.67. The third-order valence-electron chi connectivity index (χ3n) is 7.20. The van der Waals surface area contributed by atoms with E-state index in [1.807, 2.05) is 0 Å². The first kappa shape index (κ1) is 22.6.